The van der Waals surface area contributed by atoms with Gasteiger partial charge < -0.3 is 9.47 Å². The zero-order chi connectivity index (χ0) is 24.6. The highest BCUT2D eigenvalue weighted by Crippen LogP contribution is 2.36. The number of carbonyl (C=O) groups is 1. The SMILES string of the molecule is COc1ccc(OC)c(CCNS(=O)(=O)c2ccc(N3C(=O)C(C)(C)CS3(=O)=O)cc2C)c1. The maximum Gasteiger partial charge on any atom is 0.247 e. The maximum absolute atomic E-state index is 12.9. The van der Waals surface area contributed by atoms with Crippen LogP contribution in [0, 0.1) is 12.3 Å². The van der Waals surface area contributed by atoms with Crippen LogP contribution in [0.5, 0.6) is 11.5 Å². The van der Waals surface area contributed by atoms with Crippen molar-refractivity contribution in [3.05, 3.63) is 47.5 Å². The number of nitrogens with zero attached hydrogens (tertiary/aromatic N) is 1. The monoisotopic (exact) mass is 496 g/mol. The minimum atomic E-state index is -3.88. The van der Waals surface area contributed by atoms with E-state index >= 15 is 0 Å². The number of hydrogen-bond acceptors (Lipinski definition) is 7. The van der Waals surface area contributed by atoms with Crippen LogP contribution >= 0.6 is 0 Å². The van der Waals surface area contributed by atoms with E-state index in [-0.39, 0.29) is 22.9 Å². The molecule has 2 aromatic rings. The van der Waals surface area contributed by atoms with E-state index in [1.807, 2.05) is 0 Å². The van der Waals surface area contributed by atoms with Crippen molar-refractivity contribution in [3.8, 4) is 11.5 Å². The molecule has 11 heteroatoms. The lowest BCUT2D eigenvalue weighted by molar-refractivity contribution is -0.123. The quantitative estimate of drug-likeness (QED) is 0.595. The molecule has 3 rings (SSSR count). The average Bonchev–Trinajstić information content (AvgIpc) is 2.89. The number of amides is 1. The third-order valence-corrected chi connectivity index (χ3v) is 9.08. The molecule has 0 atom stereocenters. The van der Waals surface area contributed by atoms with E-state index in [2.05, 4.69) is 4.72 Å². The van der Waals surface area contributed by atoms with Gasteiger partial charge in [-0.05, 0) is 74.7 Å². The predicted molar refractivity (Wildman–Crippen MR) is 125 cm³/mol. The number of anilines is 1. The summed E-state index contributed by atoms with van der Waals surface area (Å²) < 4.78 is 64.6. The number of sulfonamides is 2. The summed E-state index contributed by atoms with van der Waals surface area (Å²) in [6.07, 6.45) is 0.367. The molecule has 2 aromatic carbocycles. The molecule has 9 nitrogen and oxygen atoms in total. The van der Waals surface area contributed by atoms with Crippen molar-refractivity contribution in [3.63, 3.8) is 0 Å². The molecule has 180 valence electrons. The van der Waals surface area contributed by atoms with Gasteiger partial charge in [-0.25, -0.2) is 25.9 Å². The minimum absolute atomic E-state index is 0.00663. The number of hydrogen-bond donors (Lipinski definition) is 1. The van der Waals surface area contributed by atoms with E-state index < -0.39 is 31.4 Å². The second-order valence-electron chi connectivity index (χ2n) is 8.49. The number of ether oxygens (including phenoxy) is 2. The molecule has 33 heavy (non-hydrogen) atoms. The number of methoxy groups -OCH3 is 2. The first-order valence-corrected chi connectivity index (χ1v) is 13.3. The summed E-state index contributed by atoms with van der Waals surface area (Å²) in [5.74, 6) is 0.417. The first-order chi connectivity index (χ1) is 15.3. The lowest BCUT2D eigenvalue weighted by Crippen LogP contribution is -2.33. The van der Waals surface area contributed by atoms with Gasteiger partial charge in [-0.15, -0.1) is 0 Å². The topological polar surface area (TPSA) is 119 Å². The molecule has 0 bridgehead atoms. The van der Waals surface area contributed by atoms with Gasteiger partial charge in [0.25, 0.3) is 0 Å². The minimum Gasteiger partial charge on any atom is -0.497 e. The van der Waals surface area contributed by atoms with Gasteiger partial charge in [0.2, 0.25) is 26.0 Å². The van der Waals surface area contributed by atoms with Crippen molar-refractivity contribution in [1.29, 1.82) is 0 Å². The van der Waals surface area contributed by atoms with Crippen LogP contribution in [0.25, 0.3) is 0 Å². The second kappa shape index (κ2) is 8.96. The van der Waals surface area contributed by atoms with Crippen LogP contribution in [0.1, 0.15) is 25.0 Å². The lowest BCUT2D eigenvalue weighted by atomic mass is 9.95. The number of aryl methyl sites for hydroxylation is 1. The Kier molecular flexibility index (Phi) is 6.79. The molecular formula is C22H28N2O7S2. The summed E-state index contributed by atoms with van der Waals surface area (Å²) in [6.45, 7) is 4.81. The molecule has 0 aliphatic carbocycles. The molecule has 1 aliphatic heterocycles. The van der Waals surface area contributed by atoms with Gasteiger partial charge in [-0.3, -0.25) is 4.79 Å². The highest BCUT2D eigenvalue weighted by Gasteiger charge is 2.50. The van der Waals surface area contributed by atoms with Crippen molar-refractivity contribution >= 4 is 31.6 Å². The van der Waals surface area contributed by atoms with Crippen LogP contribution in [-0.2, 0) is 31.3 Å². The zero-order valence-electron chi connectivity index (χ0n) is 19.2. The first-order valence-electron chi connectivity index (χ1n) is 10.2. The summed E-state index contributed by atoms with van der Waals surface area (Å²) >= 11 is 0. The van der Waals surface area contributed by atoms with E-state index in [1.165, 1.54) is 25.3 Å². The van der Waals surface area contributed by atoms with E-state index in [4.69, 9.17) is 9.47 Å². The van der Waals surface area contributed by atoms with Crippen LogP contribution in [0.3, 0.4) is 0 Å². The molecule has 1 heterocycles. The Bertz CT molecular complexity index is 1290. The Labute approximate surface area is 194 Å². The van der Waals surface area contributed by atoms with Gasteiger partial charge in [-0.1, -0.05) is 0 Å². The van der Waals surface area contributed by atoms with Gasteiger partial charge >= 0.3 is 0 Å². The van der Waals surface area contributed by atoms with Crippen molar-refractivity contribution in [2.24, 2.45) is 5.41 Å². The summed E-state index contributed by atoms with van der Waals surface area (Å²) in [5.41, 5.74) is 0.196. The Morgan fingerprint density at radius 1 is 1.09 bits per heavy atom. The molecule has 0 saturated carbocycles. The van der Waals surface area contributed by atoms with Crippen molar-refractivity contribution < 1.29 is 31.1 Å². The normalized spacial score (nSPS) is 17.2. The first kappa shape index (κ1) is 25.0. The molecular weight excluding hydrogens is 468 g/mol. The van der Waals surface area contributed by atoms with Gasteiger partial charge in [0, 0.05) is 6.54 Å². The van der Waals surface area contributed by atoms with Crippen molar-refractivity contribution in [1.82, 2.24) is 4.72 Å². The number of rotatable bonds is 8. The number of nitrogens with one attached hydrogen (secondary N) is 1. The van der Waals surface area contributed by atoms with E-state index in [9.17, 15) is 21.6 Å². The molecule has 0 unspecified atom stereocenters. The zero-order valence-corrected chi connectivity index (χ0v) is 20.8. The van der Waals surface area contributed by atoms with E-state index in [1.54, 1.807) is 46.1 Å². The molecule has 0 aromatic heterocycles. The molecule has 1 amide bonds. The summed E-state index contributed by atoms with van der Waals surface area (Å²) in [5, 5.41) is 0. The third-order valence-electron chi connectivity index (χ3n) is 5.44. The maximum atomic E-state index is 12.9. The molecule has 1 saturated heterocycles. The number of carbonyl (C=O) groups excluding carboxylic acids is 1. The smallest absolute Gasteiger partial charge is 0.247 e. The summed E-state index contributed by atoms with van der Waals surface area (Å²) in [7, 11) is -4.62. The molecule has 1 fully saturated rings. The summed E-state index contributed by atoms with van der Waals surface area (Å²) in [6, 6.07) is 9.33. The largest absolute Gasteiger partial charge is 0.497 e. The Balaban J connectivity index is 1.79. The Hall–Kier alpha value is -2.63. The van der Waals surface area contributed by atoms with Crippen LogP contribution in [0.15, 0.2) is 41.3 Å². The van der Waals surface area contributed by atoms with Crippen LogP contribution in [0.2, 0.25) is 0 Å². The van der Waals surface area contributed by atoms with Gasteiger partial charge in [-0.2, -0.15) is 0 Å². The lowest BCUT2D eigenvalue weighted by Gasteiger charge is -2.19. The molecule has 0 radical (unpaired) electrons. The second-order valence-corrected chi connectivity index (χ2v) is 12.0. The molecule has 0 spiro atoms. The highest BCUT2D eigenvalue weighted by atomic mass is 32.2. The van der Waals surface area contributed by atoms with E-state index in [0.717, 1.165) is 9.87 Å². The molecule has 1 aliphatic rings. The number of benzene rings is 2. The van der Waals surface area contributed by atoms with Crippen LogP contribution in [-0.4, -0.2) is 49.3 Å². The highest BCUT2D eigenvalue weighted by molar-refractivity contribution is 7.94. The van der Waals surface area contributed by atoms with Crippen LogP contribution < -0.4 is 18.5 Å². The van der Waals surface area contributed by atoms with Crippen molar-refractivity contribution in [2.45, 2.75) is 32.1 Å². The Morgan fingerprint density at radius 3 is 2.33 bits per heavy atom. The standard InChI is InChI=1S/C22H28N2O7S2/c1-15-12-17(24-21(25)22(2,3)14-32(24,26)27)6-9-20(15)33(28,29)23-11-10-16-13-18(30-4)7-8-19(16)31-5/h6-9,12-13,23H,10-11,14H2,1-5H3. The fourth-order valence-corrected chi connectivity index (χ4v) is 7.15. The van der Waals surface area contributed by atoms with Crippen molar-refractivity contribution in [2.75, 3.05) is 30.8 Å². The fraction of sp³-hybridized carbons (Fsp3) is 0.409. The van der Waals surface area contributed by atoms with Gasteiger partial charge in [0.05, 0.1) is 36.0 Å². The van der Waals surface area contributed by atoms with Gasteiger partial charge in [0.1, 0.15) is 11.5 Å². The van der Waals surface area contributed by atoms with E-state index in [0.29, 0.717) is 23.5 Å². The van der Waals surface area contributed by atoms with Gasteiger partial charge in [0.15, 0.2) is 0 Å². The molecule has 1 N–H and O–H groups in total. The predicted octanol–water partition coefficient (Wildman–Crippen LogP) is 2.24. The Morgan fingerprint density at radius 2 is 1.79 bits per heavy atom. The third kappa shape index (κ3) is 4.99. The van der Waals surface area contributed by atoms with Crippen LogP contribution in [0.4, 0.5) is 5.69 Å². The average molecular weight is 497 g/mol. The fourth-order valence-electron chi connectivity index (χ4n) is 3.80. The summed E-state index contributed by atoms with van der Waals surface area (Å²) in [4.78, 5) is 12.6.